The van der Waals surface area contributed by atoms with E-state index in [0.29, 0.717) is 16.2 Å². The van der Waals surface area contributed by atoms with Crippen molar-refractivity contribution < 1.29 is 0 Å². The van der Waals surface area contributed by atoms with Crippen LogP contribution < -0.4 is 5.56 Å². The fraction of sp³-hybridized carbons (Fsp3) is 0.444. The number of thioether (sulfide) groups is 1. The average Bonchev–Trinajstić information content (AvgIpc) is 2.61. The van der Waals surface area contributed by atoms with Crippen molar-refractivity contribution in [2.45, 2.75) is 24.9 Å². The van der Waals surface area contributed by atoms with Crippen molar-refractivity contribution in [3.05, 3.63) is 16.0 Å². The Morgan fingerprint density at radius 2 is 2.07 bits per heavy atom. The summed E-state index contributed by atoms with van der Waals surface area (Å²) in [5.74, 6) is 0.277. The van der Waals surface area contributed by atoms with Gasteiger partial charge in [0.2, 0.25) is 0 Å². The summed E-state index contributed by atoms with van der Waals surface area (Å²) in [5.41, 5.74) is 1.79. The molecule has 0 radical (unpaired) electrons. The normalized spacial score (nSPS) is 11.5. The molecule has 0 fully saturated rings. The molecule has 0 spiro atoms. The molecular formula is C9H12N4OS. The van der Waals surface area contributed by atoms with E-state index >= 15 is 0 Å². The van der Waals surface area contributed by atoms with Gasteiger partial charge in [0.05, 0.1) is 5.69 Å². The SMILES string of the molecule is CSc1nc2c(C(C)C)[nH]nc2c(=O)[nH]1. The second kappa shape index (κ2) is 3.69. The van der Waals surface area contributed by atoms with Gasteiger partial charge in [0, 0.05) is 0 Å². The number of aromatic amines is 2. The van der Waals surface area contributed by atoms with Crippen LogP contribution in [-0.4, -0.2) is 26.4 Å². The summed E-state index contributed by atoms with van der Waals surface area (Å²) in [6.45, 7) is 4.07. The van der Waals surface area contributed by atoms with E-state index in [4.69, 9.17) is 0 Å². The molecule has 0 saturated heterocycles. The minimum absolute atomic E-state index is 0.187. The van der Waals surface area contributed by atoms with Crippen molar-refractivity contribution in [3.63, 3.8) is 0 Å². The van der Waals surface area contributed by atoms with Gasteiger partial charge >= 0.3 is 0 Å². The molecule has 2 rings (SSSR count). The monoisotopic (exact) mass is 224 g/mol. The Kier molecular flexibility index (Phi) is 2.52. The van der Waals surface area contributed by atoms with Gasteiger partial charge in [-0.3, -0.25) is 14.9 Å². The van der Waals surface area contributed by atoms with Crippen LogP contribution in [0.25, 0.3) is 11.0 Å². The first kappa shape index (κ1) is 10.2. The summed E-state index contributed by atoms with van der Waals surface area (Å²) in [4.78, 5) is 18.6. The van der Waals surface area contributed by atoms with Gasteiger partial charge in [0.15, 0.2) is 10.7 Å². The third-order valence-corrected chi connectivity index (χ3v) is 2.77. The van der Waals surface area contributed by atoms with Crippen molar-refractivity contribution in [2.75, 3.05) is 6.26 Å². The number of nitrogens with zero attached hydrogens (tertiary/aromatic N) is 2. The largest absolute Gasteiger partial charge is 0.300 e. The van der Waals surface area contributed by atoms with Gasteiger partial charge in [0.1, 0.15) is 5.52 Å². The van der Waals surface area contributed by atoms with E-state index < -0.39 is 0 Å². The van der Waals surface area contributed by atoms with Gasteiger partial charge in [-0.25, -0.2) is 4.98 Å². The number of hydrogen-bond acceptors (Lipinski definition) is 4. The van der Waals surface area contributed by atoms with E-state index in [9.17, 15) is 4.79 Å². The molecule has 2 aromatic rings. The molecule has 5 nitrogen and oxygen atoms in total. The molecule has 0 aromatic carbocycles. The van der Waals surface area contributed by atoms with E-state index in [0.717, 1.165) is 5.69 Å². The zero-order chi connectivity index (χ0) is 11.0. The Morgan fingerprint density at radius 1 is 1.33 bits per heavy atom. The Hall–Kier alpha value is -1.30. The fourth-order valence-electron chi connectivity index (χ4n) is 1.41. The quantitative estimate of drug-likeness (QED) is 0.598. The van der Waals surface area contributed by atoms with E-state index in [1.807, 2.05) is 20.1 Å². The van der Waals surface area contributed by atoms with Gasteiger partial charge in [-0.1, -0.05) is 25.6 Å². The minimum Gasteiger partial charge on any atom is -0.300 e. The number of hydrogen-bond donors (Lipinski definition) is 2. The Labute approximate surface area is 90.7 Å². The Bertz CT molecular complexity index is 543. The molecule has 0 saturated carbocycles. The standard InChI is InChI=1S/C9H12N4OS/c1-4(2)5-6-7(13-12-5)8(14)11-9(10-6)15-3/h4H,1-3H3,(H,12,13)(H,10,11,14). The van der Waals surface area contributed by atoms with Crippen LogP contribution >= 0.6 is 11.8 Å². The van der Waals surface area contributed by atoms with Crippen molar-refractivity contribution in [2.24, 2.45) is 0 Å². The summed E-state index contributed by atoms with van der Waals surface area (Å²) >= 11 is 1.41. The number of H-pyrrole nitrogens is 2. The predicted octanol–water partition coefficient (Wildman–Crippen LogP) is 1.49. The van der Waals surface area contributed by atoms with Crippen LogP contribution in [0.2, 0.25) is 0 Å². The molecule has 2 aromatic heterocycles. The van der Waals surface area contributed by atoms with Crippen molar-refractivity contribution >= 4 is 22.8 Å². The number of aromatic nitrogens is 4. The smallest absolute Gasteiger partial charge is 0.279 e. The molecule has 2 N–H and O–H groups in total. The molecular weight excluding hydrogens is 212 g/mol. The highest BCUT2D eigenvalue weighted by atomic mass is 32.2. The maximum Gasteiger partial charge on any atom is 0.279 e. The predicted molar refractivity (Wildman–Crippen MR) is 60.4 cm³/mol. The van der Waals surface area contributed by atoms with Crippen LogP contribution in [0.1, 0.15) is 25.5 Å². The molecule has 0 aliphatic carbocycles. The lowest BCUT2D eigenvalue weighted by atomic mass is 10.1. The van der Waals surface area contributed by atoms with Gasteiger partial charge < -0.3 is 0 Å². The highest BCUT2D eigenvalue weighted by Gasteiger charge is 2.13. The van der Waals surface area contributed by atoms with Crippen LogP contribution in [0, 0.1) is 0 Å². The first-order valence-electron chi connectivity index (χ1n) is 4.65. The maximum atomic E-state index is 11.6. The molecule has 0 aliphatic heterocycles. The van der Waals surface area contributed by atoms with Crippen molar-refractivity contribution in [1.82, 2.24) is 20.2 Å². The van der Waals surface area contributed by atoms with Gasteiger partial charge in [-0.15, -0.1) is 0 Å². The molecule has 2 heterocycles. The molecule has 0 amide bonds. The highest BCUT2D eigenvalue weighted by Crippen LogP contribution is 2.20. The van der Waals surface area contributed by atoms with E-state index in [1.165, 1.54) is 11.8 Å². The lowest BCUT2D eigenvalue weighted by Crippen LogP contribution is -2.09. The third-order valence-electron chi connectivity index (χ3n) is 2.19. The summed E-state index contributed by atoms with van der Waals surface area (Å²) < 4.78 is 0. The van der Waals surface area contributed by atoms with Gasteiger partial charge in [-0.05, 0) is 12.2 Å². The van der Waals surface area contributed by atoms with Crippen LogP contribution in [0.3, 0.4) is 0 Å². The topological polar surface area (TPSA) is 74.4 Å². The first-order chi connectivity index (χ1) is 7.13. The molecule has 0 unspecified atom stereocenters. The molecule has 6 heteroatoms. The Balaban J connectivity index is 2.78. The zero-order valence-electron chi connectivity index (χ0n) is 8.79. The minimum atomic E-state index is -0.187. The first-order valence-corrected chi connectivity index (χ1v) is 5.88. The number of fused-ring (bicyclic) bond motifs is 1. The second-order valence-electron chi connectivity index (χ2n) is 3.56. The summed E-state index contributed by atoms with van der Waals surface area (Å²) in [6.07, 6.45) is 1.87. The van der Waals surface area contributed by atoms with E-state index in [-0.39, 0.29) is 11.5 Å². The van der Waals surface area contributed by atoms with Gasteiger partial charge in [-0.2, -0.15) is 5.10 Å². The van der Waals surface area contributed by atoms with Crippen LogP contribution in [0.15, 0.2) is 9.95 Å². The van der Waals surface area contributed by atoms with Crippen LogP contribution in [0.4, 0.5) is 0 Å². The molecule has 80 valence electrons. The Morgan fingerprint density at radius 3 is 2.67 bits per heavy atom. The molecule has 0 bridgehead atoms. The summed E-state index contributed by atoms with van der Waals surface area (Å²) in [5, 5.41) is 7.46. The second-order valence-corrected chi connectivity index (χ2v) is 4.36. The maximum absolute atomic E-state index is 11.6. The van der Waals surface area contributed by atoms with Crippen molar-refractivity contribution in [1.29, 1.82) is 0 Å². The summed E-state index contributed by atoms with van der Waals surface area (Å²) in [6, 6.07) is 0. The zero-order valence-corrected chi connectivity index (χ0v) is 9.60. The third kappa shape index (κ3) is 1.65. The van der Waals surface area contributed by atoms with Gasteiger partial charge in [0.25, 0.3) is 5.56 Å². The molecule has 0 atom stereocenters. The molecule has 15 heavy (non-hydrogen) atoms. The molecule has 0 aliphatic rings. The number of nitrogens with one attached hydrogen (secondary N) is 2. The lowest BCUT2D eigenvalue weighted by molar-refractivity contribution is 0.814. The fourth-order valence-corrected chi connectivity index (χ4v) is 1.78. The summed E-state index contributed by atoms with van der Waals surface area (Å²) in [7, 11) is 0. The van der Waals surface area contributed by atoms with E-state index in [2.05, 4.69) is 20.2 Å². The van der Waals surface area contributed by atoms with E-state index in [1.54, 1.807) is 0 Å². The van der Waals surface area contributed by atoms with Crippen LogP contribution in [-0.2, 0) is 0 Å². The highest BCUT2D eigenvalue weighted by molar-refractivity contribution is 7.98. The van der Waals surface area contributed by atoms with Crippen molar-refractivity contribution in [3.8, 4) is 0 Å². The average molecular weight is 224 g/mol. The number of rotatable bonds is 2. The lowest BCUT2D eigenvalue weighted by Gasteiger charge is -2.01. The van der Waals surface area contributed by atoms with Crippen LogP contribution in [0.5, 0.6) is 0 Å².